The molecule has 50 valence electrons. The second-order valence-corrected chi connectivity index (χ2v) is 0. The Hall–Kier alpha value is 3.23. The van der Waals surface area contributed by atoms with Crippen molar-refractivity contribution in [2.45, 2.75) is 0 Å². The fraction of sp³-hybridized carbons (Fsp3) is 0. The van der Waals surface area contributed by atoms with Crippen LogP contribution in [-0.4, -0.2) is 34.7 Å². The van der Waals surface area contributed by atoms with Crippen LogP contribution in [0, 0.1) is 0 Å². The normalized spacial score (nSPS) is 0. The summed E-state index contributed by atoms with van der Waals surface area (Å²) in [7, 11) is 0. The van der Waals surface area contributed by atoms with Gasteiger partial charge in [0.15, 0.2) is 0 Å². The molecule has 0 saturated heterocycles. The Bertz CT molecular complexity index is 17.8. The van der Waals surface area contributed by atoms with Crippen molar-refractivity contribution in [3.63, 3.8) is 0 Å². The molecule has 0 aliphatic carbocycles. The largest absolute Gasteiger partial charge is 3.00 e. The minimum atomic E-state index is 0. The second-order valence-electron chi connectivity index (χ2n) is 0. The predicted molar refractivity (Wildman–Crippen MR) is 13.6 cm³/mol. The van der Waals surface area contributed by atoms with Gasteiger partial charge >= 0.3 is 34.7 Å². The second kappa shape index (κ2) is 113. The van der Waals surface area contributed by atoms with E-state index in [9.17, 15) is 0 Å². The first-order valence-corrected chi connectivity index (χ1v) is 0. The van der Waals surface area contributed by atoms with Gasteiger partial charge in [0.2, 0.25) is 0 Å². The van der Waals surface area contributed by atoms with E-state index in [4.69, 9.17) is 0 Å². The van der Waals surface area contributed by atoms with Crippen LogP contribution in [0.4, 0.5) is 0 Å². The van der Waals surface area contributed by atoms with Crippen LogP contribution >= 0.6 is 0 Å². The molecule has 0 aromatic carbocycles. The molecule has 9 heavy (non-hydrogen) atoms. The first-order chi connectivity index (χ1) is 0. The van der Waals surface area contributed by atoms with E-state index in [-0.39, 0.29) is 124 Å². The minimum absolute atomic E-state index is 0. The average molecular weight is 360 g/mol. The van der Waals surface area contributed by atoms with E-state index in [0.29, 0.717) is 0 Å². The topological polar surface area (TPSA) is 85.5 Å². The maximum absolute atomic E-state index is 0. The van der Waals surface area contributed by atoms with Crippen molar-refractivity contribution in [2.75, 3.05) is 0 Å². The fourth-order valence-electron chi connectivity index (χ4n) is 0. The molecule has 0 bridgehead atoms. The average Bonchev–Trinajstić information content (AvgIpc) is 0. The smallest absolute Gasteiger partial charge is 2.00 e. The standard InChI is InChI=1S/2Al.2Cu.3O.2Zn/q2*+3;;;3*-2;;. The third-order valence-electron chi connectivity index (χ3n) is 0. The zero-order valence-electron chi connectivity index (χ0n) is 4.40. The van der Waals surface area contributed by atoms with Crippen LogP contribution < -0.4 is 0 Å². The van der Waals surface area contributed by atoms with Crippen molar-refractivity contribution in [1.82, 2.24) is 0 Å². The summed E-state index contributed by atoms with van der Waals surface area (Å²) < 4.78 is 0. The summed E-state index contributed by atoms with van der Waals surface area (Å²) in [5, 5.41) is 0. The Morgan fingerprint density at radius 3 is 0.444 bits per heavy atom. The van der Waals surface area contributed by atoms with E-state index in [0.717, 1.165) is 0 Å². The van der Waals surface area contributed by atoms with E-state index in [1.54, 1.807) is 0 Å². The van der Waals surface area contributed by atoms with Crippen molar-refractivity contribution in [3.05, 3.63) is 0 Å². The van der Waals surface area contributed by atoms with Crippen LogP contribution in [0.2, 0.25) is 0 Å². The van der Waals surface area contributed by atoms with Gasteiger partial charge in [-0.3, -0.25) is 0 Å². The first-order valence-electron chi connectivity index (χ1n) is 0. The number of rotatable bonds is 0. The Balaban J connectivity index is 0. The minimum Gasteiger partial charge on any atom is -2.00 e. The van der Waals surface area contributed by atoms with Gasteiger partial charge in [-0.2, -0.15) is 0 Å². The third-order valence-corrected chi connectivity index (χ3v) is 0. The Labute approximate surface area is 123 Å². The molecule has 0 saturated carbocycles. The molecule has 0 fully saturated rings. The molecular formula is Al2Cu2O3Zn2. The van der Waals surface area contributed by atoms with Gasteiger partial charge < -0.3 is 16.4 Å². The van der Waals surface area contributed by atoms with E-state index < -0.39 is 0 Å². The van der Waals surface area contributed by atoms with Gasteiger partial charge in [-0.25, -0.2) is 0 Å². The van der Waals surface area contributed by atoms with Crippen molar-refractivity contribution < 1.29 is 89.5 Å². The number of hydrogen-bond donors (Lipinski definition) is 0. The maximum Gasteiger partial charge on any atom is 3.00 e. The summed E-state index contributed by atoms with van der Waals surface area (Å²) in [4.78, 5) is 0. The van der Waals surface area contributed by atoms with Gasteiger partial charge in [0, 0.05) is 73.1 Å². The van der Waals surface area contributed by atoms with Gasteiger partial charge in [-0.1, -0.05) is 0 Å². The van der Waals surface area contributed by atoms with Crippen LogP contribution in [0.5, 0.6) is 0 Å². The fourth-order valence-corrected chi connectivity index (χ4v) is 0. The van der Waals surface area contributed by atoms with Gasteiger partial charge in [0.25, 0.3) is 0 Å². The molecule has 0 spiro atoms. The van der Waals surface area contributed by atoms with Gasteiger partial charge in [-0.05, 0) is 0 Å². The number of hydrogen-bond acceptors (Lipinski definition) is 0. The molecule has 9 heteroatoms. The van der Waals surface area contributed by atoms with Crippen LogP contribution in [0.25, 0.3) is 0 Å². The summed E-state index contributed by atoms with van der Waals surface area (Å²) in [6.45, 7) is 0. The van der Waals surface area contributed by atoms with E-state index in [1.807, 2.05) is 0 Å². The molecule has 0 heterocycles. The monoisotopic (exact) mass is 356 g/mol. The van der Waals surface area contributed by atoms with Crippen LogP contribution in [0.15, 0.2) is 0 Å². The molecule has 0 aliphatic heterocycles. The Morgan fingerprint density at radius 1 is 0.444 bits per heavy atom. The van der Waals surface area contributed by atoms with Crippen molar-refractivity contribution >= 4 is 34.7 Å². The molecule has 0 amide bonds. The van der Waals surface area contributed by atoms with E-state index in [1.165, 1.54) is 0 Å². The molecule has 0 N–H and O–H groups in total. The summed E-state index contributed by atoms with van der Waals surface area (Å²) >= 11 is 0. The SMILES string of the molecule is [Al+3].[Al+3].[Cu].[Cu].[O-2].[O-2].[O-2].[Zn].[Zn]. The molecular weight excluding hydrogens is 360 g/mol. The molecule has 0 aliphatic rings. The first kappa shape index (κ1) is 148. The summed E-state index contributed by atoms with van der Waals surface area (Å²) in [5.41, 5.74) is 0. The molecule has 0 aromatic rings. The molecule has 0 atom stereocenters. The summed E-state index contributed by atoms with van der Waals surface area (Å²) in [6.07, 6.45) is 0. The van der Waals surface area contributed by atoms with Gasteiger partial charge in [-0.15, -0.1) is 0 Å². The summed E-state index contributed by atoms with van der Waals surface area (Å²) in [5.74, 6) is 0. The molecule has 2 radical (unpaired) electrons. The van der Waals surface area contributed by atoms with Crippen LogP contribution in [0.3, 0.4) is 0 Å². The molecule has 0 aromatic heterocycles. The van der Waals surface area contributed by atoms with Crippen LogP contribution in [0.1, 0.15) is 0 Å². The van der Waals surface area contributed by atoms with Crippen LogP contribution in [-0.2, 0) is 89.5 Å². The Morgan fingerprint density at radius 2 is 0.444 bits per heavy atom. The quantitative estimate of drug-likeness (QED) is 0.490. The van der Waals surface area contributed by atoms with Gasteiger partial charge in [0.05, 0.1) is 0 Å². The Kier molecular flexibility index (Phi) is 1850. The zero-order valence-corrected chi connectivity index (χ0v) is 14.5. The third kappa shape index (κ3) is 91.7. The molecule has 3 nitrogen and oxygen atoms in total. The van der Waals surface area contributed by atoms with Crippen molar-refractivity contribution in [1.29, 1.82) is 0 Å². The van der Waals surface area contributed by atoms with Gasteiger partial charge in [0.1, 0.15) is 0 Å². The zero-order chi connectivity index (χ0) is 0. The van der Waals surface area contributed by atoms with Crippen molar-refractivity contribution in [2.24, 2.45) is 0 Å². The van der Waals surface area contributed by atoms with E-state index in [2.05, 4.69) is 0 Å². The summed E-state index contributed by atoms with van der Waals surface area (Å²) in [6, 6.07) is 0. The molecule has 0 unspecified atom stereocenters. The maximum atomic E-state index is 0. The van der Waals surface area contributed by atoms with Crippen molar-refractivity contribution in [3.8, 4) is 0 Å². The molecule has 0 rings (SSSR count). The predicted octanol–water partition coefficient (Wildman–Crippen LogP) is -1.13. The van der Waals surface area contributed by atoms with E-state index >= 15 is 0 Å².